The maximum atomic E-state index is 14.1. The van der Waals surface area contributed by atoms with E-state index < -0.39 is 47.5 Å². The van der Waals surface area contributed by atoms with E-state index in [2.05, 4.69) is 0 Å². The van der Waals surface area contributed by atoms with E-state index in [4.69, 9.17) is 13.0 Å². The molecule has 1 saturated heterocycles. The van der Waals surface area contributed by atoms with E-state index in [-0.39, 0.29) is 27.7 Å². The van der Waals surface area contributed by atoms with Crippen molar-refractivity contribution in [2.24, 2.45) is 5.41 Å². The van der Waals surface area contributed by atoms with Gasteiger partial charge in [-0.3, -0.25) is 0 Å². The first-order chi connectivity index (χ1) is 13.4. The number of aliphatic hydroxyl groups excluding tert-OH is 2. The van der Waals surface area contributed by atoms with Gasteiger partial charge in [-0.2, -0.15) is 5.26 Å². The van der Waals surface area contributed by atoms with E-state index in [9.17, 15) is 19.9 Å². The maximum absolute atomic E-state index is 14.1. The molecular weight excluding hydrogens is 409 g/mol. The van der Waals surface area contributed by atoms with Crippen LogP contribution in [-0.4, -0.2) is 52.3 Å². The number of fused-ring (bicyclic) bond motifs is 1. The van der Waals surface area contributed by atoms with Crippen molar-refractivity contribution < 1.29 is 27.6 Å². The standard InChI is InChI=1S/C20H36FNO5Si2/c1-12(2)28(13(3)4)25-17-16(9-21)20(10-22,11-23)19(24)18(17)26-29(27-28,14(5)6)15(7)8/h9,12-15,17-19,23-24H,11H2,1-8H3/b16-9+/t17-,18-,19-,20-/m0/s1. The molecule has 1 saturated carbocycles. The highest BCUT2D eigenvalue weighted by atomic mass is 28.5. The van der Waals surface area contributed by atoms with Crippen molar-refractivity contribution in [1.82, 2.24) is 0 Å². The summed E-state index contributed by atoms with van der Waals surface area (Å²) in [6.07, 6.45) is -3.05. The van der Waals surface area contributed by atoms with Crippen LogP contribution in [0.4, 0.5) is 4.39 Å². The summed E-state index contributed by atoms with van der Waals surface area (Å²) in [5.74, 6) is 0. The predicted molar refractivity (Wildman–Crippen MR) is 113 cm³/mol. The number of nitriles is 1. The molecular formula is C20H36FNO5Si2. The zero-order valence-corrected chi connectivity index (χ0v) is 20.8. The van der Waals surface area contributed by atoms with E-state index in [1.165, 1.54) is 0 Å². The van der Waals surface area contributed by atoms with Gasteiger partial charge in [0, 0.05) is 5.57 Å². The fraction of sp³-hybridized carbons (Fsp3) is 0.850. The number of nitrogens with zero attached hydrogens (tertiary/aromatic N) is 1. The van der Waals surface area contributed by atoms with Crippen molar-refractivity contribution in [3.63, 3.8) is 0 Å². The van der Waals surface area contributed by atoms with Crippen LogP contribution in [0.25, 0.3) is 0 Å². The Hall–Kier alpha value is -0.606. The van der Waals surface area contributed by atoms with Crippen molar-refractivity contribution in [2.75, 3.05) is 6.61 Å². The highest BCUT2D eigenvalue weighted by Crippen LogP contribution is 2.54. The molecule has 2 aliphatic rings. The van der Waals surface area contributed by atoms with Crippen LogP contribution in [0.5, 0.6) is 0 Å². The van der Waals surface area contributed by atoms with Gasteiger partial charge in [0.15, 0.2) is 0 Å². The lowest BCUT2D eigenvalue weighted by Crippen LogP contribution is -2.60. The molecule has 2 rings (SSSR count). The summed E-state index contributed by atoms with van der Waals surface area (Å²) in [4.78, 5) is 0. The van der Waals surface area contributed by atoms with Gasteiger partial charge in [0.05, 0.1) is 19.0 Å². The number of aliphatic hydroxyl groups is 2. The highest BCUT2D eigenvalue weighted by Gasteiger charge is 2.68. The summed E-state index contributed by atoms with van der Waals surface area (Å²) in [5.41, 5.74) is -1.67. The molecule has 0 spiro atoms. The topological polar surface area (TPSA) is 91.9 Å². The van der Waals surface area contributed by atoms with E-state index in [1.807, 2.05) is 61.5 Å². The van der Waals surface area contributed by atoms with E-state index in [0.717, 1.165) is 0 Å². The van der Waals surface area contributed by atoms with Crippen LogP contribution >= 0.6 is 0 Å². The van der Waals surface area contributed by atoms with Crippen LogP contribution in [0, 0.1) is 16.7 Å². The average molecular weight is 446 g/mol. The minimum Gasteiger partial charge on any atom is -0.414 e. The normalized spacial score (nSPS) is 35.4. The van der Waals surface area contributed by atoms with Crippen LogP contribution in [0.1, 0.15) is 55.4 Å². The number of hydrogen-bond acceptors (Lipinski definition) is 6. The number of halogens is 1. The molecule has 0 radical (unpaired) electrons. The van der Waals surface area contributed by atoms with Crippen LogP contribution in [0.2, 0.25) is 22.2 Å². The van der Waals surface area contributed by atoms with Crippen LogP contribution in [0.15, 0.2) is 11.9 Å². The van der Waals surface area contributed by atoms with Gasteiger partial charge in [-0.1, -0.05) is 55.4 Å². The van der Waals surface area contributed by atoms with Crippen LogP contribution < -0.4 is 0 Å². The van der Waals surface area contributed by atoms with Crippen molar-refractivity contribution in [2.45, 2.75) is 95.9 Å². The molecule has 0 aromatic rings. The van der Waals surface area contributed by atoms with Crippen molar-refractivity contribution >= 4 is 17.1 Å². The smallest absolute Gasteiger partial charge is 0.335 e. The third-order valence-corrected chi connectivity index (χ3v) is 16.9. The van der Waals surface area contributed by atoms with Gasteiger partial charge in [0.25, 0.3) is 0 Å². The Morgan fingerprint density at radius 3 is 1.83 bits per heavy atom. The predicted octanol–water partition coefficient (Wildman–Crippen LogP) is 4.04. The number of rotatable bonds is 5. The maximum Gasteiger partial charge on any atom is 0.335 e. The molecule has 9 heteroatoms. The van der Waals surface area contributed by atoms with Gasteiger partial charge in [0.2, 0.25) is 0 Å². The Labute approximate surface area is 176 Å². The summed E-state index contributed by atoms with van der Waals surface area (Å²) < 4.78 is 34.3. The third-order valence-electron chi connectivity index (χ3n) is 6.67. The molecule has 2 N–H and O–H groups in total. The molecule has 0 bridgehead atoms. The summed E-state index contributed by atoms with van der Waals surface area (Å²) in [5, 5.41) is 30.9. The zero-order valence-electron chi connectivity index (χ0n) is 18.8. The molecule has 0 aromatic heterocycles. The van der Waals surface area contributed by atoms with E-state index in [0.29, 0.717) is 6.33 Å². The average Bonchev–Trinajstić information content (AvgIpc) is 2.78. The largest absolute Gasteiger partial charge is 0.414 e. The van der Waals surface area contributed by atoms with Crippen molar-refractivity contribution in [3.05, 3.63) is 11.9 Å². The SMILES string of the molecule is CC(C)[Si]1(C(C)C)O[C@H]2[C@@H](O[Si](C(C)C)(C(C)C)O1)/C(=C\F)[C@](C#N)(CO)[C@H]2O. The first kappa shape index (κ1) is 24.7. The summed E-state index contributed by atoms with van der Waals surface area (Å²) in [6.45, 7) is 15.6. The molecule has 166 valence electrons. The summed E-state index contributed by atoms with van der Waals surface area (Å²) in [6, 6.07) is 1.95. The lowest BCUT2D eigenvalue weighted by molar-refractivity contribution is -0.0314. The molecule has 4 atom stereocenters. The van der Waals surface area contributed by atoms with Gasteiger partial charge in [-0.25, -0.2) is 4.39 Å². The van der Waals surface area contributed by atoms with E-state index in [1.54, 1.807) is 0 Å². The van der Waals surface area contributed by atoms with Gasteiger partial charge < -0.3 is 23.2 Å². The quantitative estimate of drug-likeness (QED) is 0.621. The minimum absolute atomic E-state index is 0.0402. The summed E-state index contributed by atoms with van der Waals surface area (Å²) >= 11 is 0. The molecule has 1 heterocycles. The first-order valence-corrected chi connectivity index (χ1v) is 14.4. The Bertz CT molecular complexity index is 662. The van der Waals surface area contributed by atoms with E-state index >= 15 is 0 Å². The zero-order chi connectivity index (χ0) is 22.4. The lowest BCUT2D eigenvalue weighted by Gasteiger charge is -2.46. The van der Waals surface area contributed by atoms with Crippen LogP contribution in [0.3, 0.4) is 0 Å². The Balaban J connectivity index is 2.80. The molecule has 1 aliphatic heterocycles. The van der Waals surface area contributed by atoms with Crippen molar-refractivity contribution in [1.29, 1.82) is 5.26 Å². The second-order valence-electron chi connectivity index (χ2n) is 9.54. The van der Waals surface area contributed by atoms with Gasteiger partial charge in [0.1, 0.15) is 23.7 Å². The molecule has 0 aromatic carbocycles. The molecule has 0 unspecified atom stereocenters. The van der Waals surface area contributed by atoms with Crippen LogP contribution in [-0.2, 0) is 13.0 Å². The third kappa shape index (κ3) is 3.47. The van der Waals surface area contributed by atoms with Gasteiger partial charge >= 0.3 is 17.1 Å². The van der Waals surface area contributed by atoms with Crippen molar-refractivity contribution in [3.8, 4) is 6.07 Å². The molecule has 0 amide bonds. The fourth-order valence-electron chi connectivity index (χ4n) is 4.87. The molecule has 6 nitrogen and oxygen atoms in total. The Kier molecular flexibility index (Phi) is 7.22. The Morgan fingerprint density at radius 1 is 1.03 bits per heavy atom. The second-order valence-corrected chi connectivity index (χ2v) is 18.3. The monoisotopic (exact) mass is 445 g/mol. The number of hydrogen-bond donors (Lipinski definition) is 2. The van der Waals surface area contributed by atoms with Gasteiger partial charge in [-0.05, 0) is 22.2 Å². The Morgan fingerprint density at radius 2 is 1.48 bits per heavy atom. The fourth-order valence-corrected chi connectivity index (χ4v) is 16.1. The highest BCUT2D eigenvalue weighted by molar-refractivity contribution is 6.84. The van der Waals surface area contributed by atoms with Gasteiger partial charge in [-0.15, -0.1) is 0 Å². The second kappa shape index (κ2) is 8.50. The lowest BCUT2D eigenvalue weighted by atomic mass is 9.83. The molecule has 2 fully saturated rings. The minimum atomic E-state index is -2.98. The molecule has 29 heavy (non-hydrogen) atoms. The molecule has 1 aliphatic carbocycles. The first-order valence-electron chi connectivity index (χ1n) is 10.5. The summed E-state index contributed by atoms with van der Waals surface area (Å²) in [7, 11) is -5.95.